The first-order valence-electron chi connectivity index (χ1n) is 10.6. The van der Waals surface area contributed by atoms with Gasteiger partial charge in [0.15, 0.2) is 5.13 Å². The fourth-order valence-electron chi connectivity index (χ4n) is 3.26. The van der Waals surface area contributed by atoms with E-state index in [4.69, 9.17) is 5.11 Å². The molecule has 2 amide bonds. The summed E-state index contributed by atoms with van der Waals surface area (Å²) < 4.78 is 0.985. The van der Waals surface area contributed by atoms with E-state index in [0.29, 0.717) is 10.8 Å². The first kappa shape index (κ1) is 24.9. The summed E-state index contributed by atoms with van der Waals surface area (Å²) >= 11 is 2.73. The Morgan fingerprint density at radius 2 is 1.61 bits per heavy atom. The van der Waals surface area contributed by atoms with Crippen LogP contribution in [0.3, 0.4) is 0 Å². The highest BCUT2D eigenvalue weighted by molar-refractivity contribution is 8.00. The van der Waals surface area contributed by atoms with Crippen LogP contribution in [-0.4, -0.2) is 44.2 Å². The highest BCUT2D eigenvalue weighted by Crippen LogP contribution is 2.29. The van der Waals surface area contributed by atoms with Gasteiger partial charge < -0.3 is 20.8 Å². The maximum Gasteiger partial charge on any atom is 0.336 e. The number of carbonyl (C=O) groups excluding carboxylic acids is 2. The van der Waals surface area contributed by atoms with Gasteiger partial charge in [-0.15, -0.1) is 11.8 Å². The van der Waals surface area contributed by atoms with Crippen molar-refractivity contribution < 1.29 is 29.4 Å². The van der Waals surface area contributed by atoms with Crippen molar-refractivity contribution in [1.29, 1.82) is 0 Å². The molecule has 1 heterocycles. The number of anilines is 2. The van der Waals surface area contributed by atoms with Gasteiger partial charge in [0.1, 0.15) is 0 Å². The monoisotopic (exact) mass is 521 g/mol. The average molecular weight is 522 g/mol. The molecule has 0 spiro atoms. The molecule has 11 heteroatoms. The molecule has 0 bridgehead atoms. The van der Waals surface area contributed by atoms with Crippen molar-refractivity contribution in [3.05, 3.63) is 83.4 Å². The molecule has 0 radical (unpaired) electrons. The largest absolute Gasteiger partial charge is 0.478 e. The van der Waals surface area contributed by atoms with E-state index >= 15 is 0 Å². The number of aromatic nitrogens is 1. The van der Waals surface area contributed by atoms with E-state index in [1.165, 1.54) is 29.2 Å². The van der Waals surface area contributed by atoms with Gasteiger partial charge in [0.25, 0.3) is 5.91 Å². The third kappa shape index (κ3) is 5.70. The maximum absolute atomic E-state index is 12.6. The fourth-order valence-corrected chi connectivity index (χ4v) is 4.99. The standard InChI is InChI=1S/C25H19N3O6S2/c1-13(21(29)28-25-27-19-4-2-3-5-20(19)36-25)35-16-9-7-15(8-10-16)26-22(30)17-11-6-14(23(31)32)12-18(17)24(33)34/h2-13H,1H3,(H,26,30)(H,31,32)(H,33,34)(H,27,28,29). The highest BCUT2D eigenvalue weighted by Gasteiger charge is 2.20. The zero-order valence-electron chi connectivity index (χ0n) is 18.7. The van der Waals surface area contributed by atoms with E-state index in [9.17, 15) is 24.3 Å². The minimum Gasteiger partial charge on any atom is -0.478 e. The van der Waals surface area contributed by atoms with Crippen LogP contribution in [0.25, 0.3) is 10.2 Å². The van der Waals surface area contributed by atoms with Crippen LogP contribution in [0.4, 0.5) is 10.8 Å². The third-order valence-corrected chi connectivity index (χ3v) is 7.12. The molecule has 3 aromatic carbocycles. The molecule has 36 heavy (non-hydrogen) atoms. The molecule has 1 atom stereocenters. The number of carbonyl (C=O) groups is 4. The summed E-state index contributed by atoms with van der Waals surface area (Å²) in [6.07, 6.45) is 0. The number of fused-ring (bicyclic) bond motifs is 1. The molecule has 0 aliphatic heterocycles. The molecule has 4 aromatic rings. The summed E-state index contributed by atoms with van der Waals surface area (Å²) in [7, 11) is 0. The molecule has 0 saturated carbocycles. The van der Waals surface area contributed by atoms with Crippen LogP contribution in [0.1, 0.15) is 38.0 Å². The zero-order valence-corrected chi connectivity index (χ0v) is 20.4. The summed E-state index contributed by atoms with van der Waals surface area (Å²) in [4.78, 5) is 53.0. The number of benzene rings is 3. The number of thioether (sulfide) groups is 1. The number of amides is 2. The number of carboxylic acids is 2. The Balaban J connectivity index is 1.38. The van der Waals surface area contributed by atoms with E-state index in [1.807, 2.05) is 24.3 Å². The number of para-hydroxylation sites is 1. The lowest BCUT2D eigenvalue weighted by Crippen LogP contribution is -2.22. The van der Waals surface area contributed by atoms with Crippen molar-refractivity contribution in [1.82, 2.24) is 4.98 Å². The zero-order chi connectivity index (χ0) is 25.8. The smallest absolute Gasteiger partial charge is 0.336 e. The summed E-state index contributed by atoms with van der Waals surface area (Å²) in [6.45, 7) is 1.78. The average Bonchev–Trinajstić information content (AvgIpc) is 3.27. The SMILES string of the molecule is CC(Sc1ccc(NC(=O)c2ccc(C(=O)O)cc2C(=O)O)cc1)C(=O)Nc1nc2ccccc2s1. The Kier molecular flexibility index (Phi) is 7.32. The van der Waals surface area contributed by atoms with Gasteiger partial charge in [-0.3, -0.25) is 9.59 Å². The molecule has 4 N–H and O–H groups in total. The molecule has 0 aliphatic carbocycles. The maximum atomic E-state index is 12.6. The molecule has 4 rings (SSSR count). The number of rotatable bonds is 8. The minimum absolute atomic E-state index is 0.161. The minimum atomic E-state index is -1.41. The van der Waals surface area contributed by atoms with Crippen molar-refractivity contribution in [2.75, 3.05) is 10.6 Å². The molecule has 0 fully saturated rings. The summed E-state index contributed by atoms with van der Waals surface area (Å²) in [5.74, 6) is -3.58. The van der Waals surface area contributed by atoms with E-state index in [-0.39, 0.29) is 17.0 Å². The number of thiazole rings is 1. The van der Waals surface area contributed by atoms with Gasteiger partial charge in [-0.05, 0) is 61.5 Å². The van der Waals surface area contributed by atoms with Gasteiger partial charge in [0, 0.05) is 10.6 Å². The second kappa shape index (κ2) is 10.6. The van der Waals surface area contributed by atoms with Crippen LogP contribution >= 0.6 is 23.1 Å². The Labute approximate surface area is 213 Å². The van der Waals surface area contributed by atoms with Crippen molar-refractivity contribution in [2.24, 2.45) is 0 Å². The lowest BCUT2D eigenvalue weighted by Gasteiger charge is -2.12. The topological polar surface area (TPSA) is 146 Å². The van der Waals surface area contributed by atoms with E-state index in [0.717, 1.165) is 27.2 Å². The number of nitrogens with one attached hydrogen (secondary N) is 2. The van der Waals surface area contributed by atoms with Crippen LogP contribution in [0, 0.1) is 0 Å². The predicted octanol–water partition coefficient (Wildman–Crippen LogP) is 5.06. The normalized spacial score (nSPS) is 11.6. The third-order valence-electron chi connectivity index (χ3n) is 5.06. The van der Waals surface area contributed by atoms with Crippen LogP contribution in [0.15, 0.2) is 71.6 Å². The van der Waals surface area contributed by atoms with E-state index < -0.39 is 28.7 Å². The molecular weight excluding hydrogens is 502 g/mol. The number of nitrogens with zero attached hydrogens (tertiary/aromatic N) is 1. The lowest BCUT2D eigenvalue weighted by atomic mass is 10.0. The summed E-state index contributed by atoms with van der Waals surface area (Å²) in [6, 6.07) is 17.6. The molecule has 182 valence electrons. The molecule has 1 aromatic heterocycles. The Bertz CT molecular complexity index is 1450. The van der Waals surface area contributed by atoms with Crippen LogP contribution < -0.4 is 10.6 Å². The number of hydrogen-bond donors (Lipinski definition) is 4. The van der Waals surface area contributed by atoms with Gasteiger partial charge in [0.2, 0.25) is 5.91 Å². The Morgan fingerprint density at radius 1 is 0.889 bits per heavy atom. The van der Waals surface area contributed by atoms with Gasteiger partial charge in [0.05, 0.1) is 32.2 Å². The highest BCUT2D eigenvalue weighted by atomic mass is 32.2. The lowest BCUT2D eigenvalue weighted by molar-refractivity contribution is -0.115. The second-order valence-electron chi connectivity index (χ2n) is 7.59. The summed E-state index contributed by atoms with van der Waals surface area (Å²) in [5.41, 5.74) is 0.434. The molecule has 0 saturated heterocycles. The van der Waals surface area contributed by atoms with E-state index in [2.05, 4.69) is 15.6 Å². The second-order valence-corrected chi connectivity index (χ2v) is 10.0. The van der Waals surface area contributed by atoms with E-state index in [1.54, 1.807) is 31.2 Å². The van der Waals surface area contributed by atoms with Crippen molar-refractivity contribution in [2.45, 2.75) is 17.1 Å². The molecule has 1 unspecified atom stereocenters. The Hall–Kier alpha value is -4.22. The van der Waals surface area contributed by atoms with Crippen LogP contribution in [-0.2, 0) is 4.79 Å². The first-order valence-corrected chi connectivity index (χ1v) is 12.3. The van der Waals surface area contributed by atoms with Crippen molar-refractivity contribution in [3.63, 3.8) is 0 Å². The Morgan fingerprint density at radius 3 is 2.28 bits per heavy atom. The van der Waals surface area contributed by atoms with Gasteiger partial charge in [-0.2, -0.15) is 0 Å². The van der Waals surface area contributed by atoms with Gasteiger partial charge in [-0.1, -0.05) is 23.5 Å². The van der Waals surface area contributed by atoms with Gasteiger partial charge in [-0.25, -0.2) is 14.6 Å². The van der Waals surface area contributed by atoms with Crippen molar-refractivity contribution >= 4 is 67.9 Å². The van der Waals surface area contributed by atoms with Gasteiger partial charge >= 0.3 is 11.9 Å². The number of carboxylic acid groups (broad SMARTS) is 2. The quantitative estimate of drug-likeness (QED) is 0.235. The molecule has 0 aliphatic rings. The summed E-state index contributed by atoms with van der Waals surface area (Å²) in [5, 5.41) is 24.0. The number of hydrogen-bond acceptors (Lipinski definition) is 7. The predicted molar refractivity (Wildman–Crippen MR) is 138 cm³/mol. The first-order chi connectivity index (χ1) is 17.2. The van der Waals surface area contributed by atoms with Crippen LogP contribution in [0.2, 0.25) is 0 Å². The molecular formula is C25H19N3O6S2. The van der Waals surface area contributed by atoms with Crippen molar-refractivity contribution in [3.8, 4) is 0 Å². The number of aromatic carboxylic acids is 2. The molecule has 9 nitrogen and oxygen atoms in total. The van der Waals surface area contributed by atoms with Crippen LogP contribution in [0.5, 0.6) is 0 Å². The fraction of sp³-hybridized carbons (Fsp3) is 0.0800.